The van der Waals surface area contributed by atoms with Gasteiger partial charge in [-0.05, 0) is 26.0 Å². The Morgan fingerprint density at radius 1 is 1.40 bits per heavy atom. The van der Waals surface area contributed by atoms with Gasteiger partial charge in [-0.25, -0.2) is 9.97 Å². The van der Waals surface area contributed by atoms with Gasteiger partial charge in [0.1, 0.15) is 5.82 Å². The minimum Gasteiger partial charge on any atom is -0.341 e. The Morgan fingerprint density at radius 3 is 3.00 bits per heavy atom. The topological polar surface area (TPSA) is 49.3 Å². The number of rotatable bonds is 6. The molecule has 5 nitrogen and oxygen atoms in total. The van der Waals surface area contributed by atoms with E-state index in [-0.39, 0.29) is 0 Å². The Kier molecular flexibility index (Phi) is 5.47. The van der Waals surface area contributed by atoms with Crippen LogP contribution in [-0.4, -0.2) is 52.4 Å². The largest absolute Gasteiger partial charge is 0.341 e. The third-order valence-corrected chi connectivity index (χ3v) is 3.68. The molecule has 110 valence electrons. The summed E-state index contributed by atoms with van der Waals surface area (Å²) in [5, 5.41) is 0. The maximum Gasteiger partial charge on any atom is 0.222 e. The first-order valence-corrected chi connectivity index (χ1v) is 7.46. The minimum atomic E-state index is 0.306. The number of piperidine rings is 1. The van der Waals surface area contributed by atoms with Gasteiger partial charge in [-0.1, -0.05) is 6.92 Å². The molecule has 1 aliphatic rings. The summed E-state index contributed by atoms with van der Waals surface area (Å²) in [7, 11) is 2.07. The number of carbonyl (C=O) groups is 1. The number of aromatic nitrogens is 2. The first-order valence-electron chi connectivity index (χ1n) is 7.46. The molecule has 5 heteroatoms. The average molecular weight is 276 g/mol. The number of aryl methyl sites for hydroxylation is 1. The van der Waals surface area contributed by atoms with Gasteiger partial charge < -0.3 is 4.90 Å². The van der Waals surface area contributed by atoms with Gasteiger partial charge in [-0.2, -0.15) is 0 Å². The number of amides is 1. The number of likely N-dealkylation sites (N-methyl/N-ethyl adjacent to an activating group) is 1. The van der Waals surface area contributed by atoms with Crippen molar-refractivity contribution in [2.45, 2.75) is 39.2 Å². The van der Waals surface area contributed by atoms with E-state index in [1.54, 1.807) is 0 Å². The second-order valence-electron chi connectivity index (χ2n) is 5.39. The number of likely N-dealkylation sites (tertiary alicyclic amines) is 1. The van der Waals surface area contributed by atoms with E-state index in [0.29, 0.717) is 5.91 Å². The SMILES string of the molecule is CCc1nccc(CN(C)CCN2CCCCC2=O)n1. The van der Waals surface area contributed by atoms with Crippen LogP contribution < -0.4 is 0 Å². The molecule has 1 amide bonds. The zero-order chi connectivity index (χ0) is 14.4. The fourth-order valence-corrected chi connectivity index (χ4v) is 2.44. The molecule has 0 N–H and O–H groups in total. The summed E-state index contributed by atoms with van der Waals surface area (Å²) in [4.78, 5) is 24.7. The van der Waals surface area contributed by atoms with Crippen LogP contribution in [0.25, 0.3) is 0 Å². The van der Waals surface area contributed by atoms with Crippen molar-refractivity contribution in [1.29, 1.82) is 0 Å². The van der Waals surface area contributed by atoms with E-state index in [9.17, 15) is 4.79 Å². The van der Waals surface area contributed by atoms with Gasteiger partial charge in [-0.15, -0.1) is 0 Å². The van der Waals surface area contributed by atoms with Crippen LogP contribution in [0.4, 0.5) is 0 Å². The Balaban J connectivity index is 1.79. The van der Waals surface area contributed by atoms with E-state index in [1.807, 2.05) is 17.2 Å². The van der Waals surface area contributed by atoms with Crippen molar-refractivity contribution < 1.29 is 4.79 Å². The summed E-state index contributed by atoms with van der Waals surface area (Å²) in [6.07, 6.45) is 5.59. The lowest BCUT2D eigenvalue weighted by Gasteiger charge is -2.28. The molecule has 0 unspecified atom stereocenters. The van der Waals surface area contributed by atoms with Gasteiger partial charge in [0.25, 0.3) is 0 Å². The third-order valence-electron chi connectivity index (χ3n) is 3.68. The van der Waals surface area contributed by atoms with E-state index in [1.165, 1.54) is 0 Å². The van der Waals surface area contributed by atoms with Crippen molar-refractivity contribution in [3.8, 4) is 0 Å². The van der Waals surface area contributed by atoms with Crippen LogP contribution in [0.5, 0.6) is 0 Å². The molecule has 1 aromatic heterocycles. The average Bonchev–Trinajstić information content (AvgIpc) is 2.46. The van der Waals surface area contributed by atoms with Gasteiger partial charge in [0.15, 0.2) is 0 Å². The molecule has 1 aromatic rings. The van der Waals surface area contributed by atoms with Crippen LogP contribution in [0.2, 0.25) is 0 Å². The molecule has 0 aromatic carbocycles. The molecule has 0 bridgehead atoms. The highest BCUT2D eigenvalue weighted by atomic mass is 16.2. The standard InChI is InChI=1S/C15H24N4O/c1-3-14-16-8-7-13(17-14)12-18(2)10-11-19-9-5-4-6-15(19)20/h7-8H,3-6,9-12H2,1-2H3. The van der Waals surface area contributed by atoms with E-state index in [4.69, 9.17) is 0 Å². The van der Waals surface area contributed by atoms with Crippen molar-refractivity contribution >= 4 is 5.91 Å². The fraction of sp³-hybridized carbons (Fsp3) is 0.667. The third kappa shape index (κ3) is 4.27. The van der Waals surface area contributed by atoms with Crippen LogP contribution in [0, 0.1) is 0 Å². The summed E-state index contributed by atoms with van der Waals surface area (Å²) in [5.41, 5.74) is 1.05. The number of hydrogen-bond donors (Lipinski definition) is 0. The van der Waals surface area contributed by atoms with Crippen LogP contribution in [0.15, 0.2) is 12.3 Å². The van der Waals surface area contributed by atoms with Gasteiger partial charge in [0.05, 0.1) is 5.69 Å². The maximum atomic E-state index is 11.7. The number of hydrogen-bond acceptors (Lipinski definition) is 4. The summed E-state index contributed by atoms with van der Waals surface area (Å²) in [6, 6.07) is 1.96. The zero-order valence-corrected chi connectivity index (χ0v) is 12.5. The summed E-state index contributed by atoms with van der Waals surface area (Å²) in [6.45, 7) is 5.49. The molecular formula is C15H24N4O. The van der Waals surface area contributed by atoms with Gasteiger partial charge in [0.2, 0.25) is 5.91 Å². The first-order chi connectivity index (χ1) is 9.69. The summed E-state index contributed by atoms with van der Waals surface area (Å²) >= 11 is 0. The van der Waals surface area contributed by atoms with E-state index < -0.39 is 0 Å². The molecule has 2 rings (SSSR count). The number of carbonyl (C=O) groups excluding carboxylic acids is 1. The smallest absolute Gasteiger partial charge is 0.222 e. The monoisotopic (exact) mass is 276 g/mol. The second kappa shape index (κ2) is 7.33. The minimum absolute atomic E-state index is 0.306. The second-order valence-corrected chi connectivity index (χ2v) is 5.39. The summed E-state index contributed by atoms with van der Waals surface area (Å²) < 4.78 is 0. The lowest BCUT2D eigenvalue weighted by molar-refractivity contribution is -0.133. The summed E-state index contributed by atoms with van der Waals surface area (Å²) in [5.74, 6) is 1.20. The molecule has 0 atom stereocenters. The normalized spacial score (nSPS) is 15.9. The van der Waals surface area contributed by atoms with E-state index >= 15 is 0 Å². The lowest BCUT2D eigenvalue weighted by Crippen LogP contribution is -2.40. The van der Waals surface area contributed by atoms with Crippen molar-refractivity contribution in [1.82, 2.24) is 19.8 Å². The van der Waals surface area contributed by atoms with Gasteiger partial charge in [-0.3, -0.25) is 9.69 Å². The maximum absolute atomic E-state index is 11.7. The molecule has 0 spiro atoms. The highest BCUT2D eigenvalue weighted by Gasteiger charge is 2.17. The van der Waals surface area contributed by atoms with Crippen molar-refractivity contribution in [2.75, 3.05) is 26.7 Å². The Morgan fingerprint density at radius 2 is 2.25 bits per heavy atom. The molecule has 0 radical (unpaired) electrons. The van der Waals surface area contributed by atoms with Crippen molar-refractivity contribution in [3.63, 3.8) is 0 Å². The van der Waals surface area contributed by atoms with Gasteiger partial charge >= 0.3 is 0 Å². The molecular weight excluding hydrogens is 252 g/mol. The Labute approximate surface area is 121 Å². The first kappa shape index (κ1) is 14.9. The highest BCUT2D eigenvalue weighted by Crippen LogP contribution is 2.10. The fourth-order valence-electron chi connectivity index (χ4n) is 2.44. The van der Waals surface area contributed by atoms with Crippen LogP contribution in [-0.2, 0) is 17.8 Å². The lowest BCUT2D eigenvalue weighted by atomic mass is 10.1. The number of nitrogens with zero attached hydrogens (tertiary/aromatic N) is 4. The van der Waals surface area contributed by atoms with Crippen molar-refractivity contribution in [2.24, 2.45) is 0 Å². The highest BCUT2D eigenvalue weighted by molar-refractivity contribution is 5.76. The van der Waals surface area contributed by atoms with E-state index in [0.717, 1.165) is 63.4 Å². The predicted octanol–water partition coefficient (Wildman–Crippen LogP) is 1.48. The zero-order valence-electron chi connectivity index (χ0n) is 12.5. The Hall–Kier alpha value is -1.49. The molecule has 0 aliphatic carbocycles. The Bertz CT molecular complexity index is 449. The van der Waals surface area contributed by atoms with Crippen molar-refractivity contribution in [3.05, 3.63) is 23.8 Å². The molecule has 2 heterocycles. The molecule has 1 saturated heterocycles. The van der Waals surface area contributed by atoms with Crippen LogP contribution in [0.1, 0.15) is 37.7 Å². The quantitative estimate of drug-likeness (QED) is 0.790. The molecule has 0 saturated carbocycles. The van der Waals surface area contributed by atoms with Crippen LogP contribution >= 0.6 is 0 Å². The molecule has 1 fully saturated rings. The molecule has 1 aliphatic heterocycles. The van der Waals surface area contributed by atoms with Gasteiger partial charge in [0, 0.05) is 45.2 Å². The predicted molar refractivity (Wildman–Crippen MR) is 78.2 cm³/mol. The molecule has 20 heavy (non-hydrogen) atoms. The van der Waals surface area contributed by atoms with E-state index in [2.05, 4.69) is 28.8 Å². The van der Waals surface area contributed by atoms with Crippen LogP contribution in [0.3, 0.4) is 0 Å².